The number of aryl methyl sites for hydroxylation is 2. The highest BCUT2D eigenvalue weighted by atomic mass is 15.2. The van der Waals surface area contributed by atoms with Gasteiger partial charge in [0.2, 0.25) is 5.78 Å². The number of unbranched alkanes of at least 4 members (excludes halogenated alkanes) is 1. The molecule has 2 rings (SSSR count). The van der Waals surface area contributed by atoms with E-state index in [1.165, 1.54) is 18.5 Å². The predicted molar refractivity (Wildman–Crippen MR) is 84.4 cm³/mol. The average Bonchev–Trinajstić information content (AvgIpc) is 2.66. The Morgan fingerprint density at radius 2 is 2.00 bits per heavy atom. The van der Waals surface area contributed by atoms with Gasteiger partial charge in [-0.1, -0.05) is 27.2 Å². The highest BCUT2D eigenvalue weighted by Crippen LogP contribution is 2.22. The Bertz CT molecular complexity index is 584. The van der Waals surface area contributed by atoms with Crippen LogP contribution in [0.25, 0.3) is 5.78 Å². The molecular formula is C16H26N4. The summed E-state index contributed by atoms with van der Waals surface area (Å²) < 4.78 is 2.15. The topological polar surface area (TPSA) is 42.2 Å². The molecule has 0 saturated carbocycles. The van der Waals surface area contributed by atoms with Gasteiger partial charge in [0, 0.05) is 17.9 Å². The van der Waals surface area contributed by atoms with E-state index in [1.54, 1.807) is 0 Å². The van der Waals surface area contributed by atoms with Crippen LogP contribution in [0.1, 0.15) is 50.7 Å². The van der Waals surface area contributed by atoms with E-state index >= 15 is 0 Å². The van der Waals surface area contributed by atoms with Crippen LogP contribution in [0.4, 0.5) is 5.82 Å². The van der Waals surface area contributed by atoms with E-state index in [9.17, 15) is 0 Å². The Morgan fingerprint density at radius 1 is 1.25 bits per heavy atom. The van der Waals surface area contributed by atoms with Crippen molar-refractivity contribution in [2.45, 2.75) is 53.9 Å². The van der Waals surface area contributed by atoms with Crippen LogP contribution in [0.15, 0.2) is 6.07 Å². The highest BCUT2D eigenvalue weighted by Gasteiger charge is 2.15. The maximum absolute atomic E-state index is 4.74. The Morgan fingerprint density at radius 3 is 2.65 bits per heavy atom. The van der Waals surface area contributed by atoms with Crippen molar-refractivity contribution >= 4 is 11.6 Å². The number of anilines is 1. The van der Waals surface area contributed by atoms with Crippen molar-refractivity contribution in [3.63, 3.8) is 0 Å². The van der Waals surface area contributed by atoms with Crippen molar-refractivity contribution in [2.24, 2.45) is 5.92 Å². The molecule has 4 heteroatoms. The van der Waals surface area contributed by atoms with Crippen molar-refractivity contribution in [1.29, 1.82) is 0 Å². The molecule has 0 saturated heterocycles. The number of hydrogen-bond donors (Lipinski definition) is 1. The summed E-state index contributed by atoms with van der Waals surface area (Å²) in [6.07, 6.45) is 3.35. The minimum absolute atomic E-state index is 0.591. The molecule has 0 bridgehead atoms. The largest absolute Gasteiger partial charge is 0.370 e. The van der Waals surface area contributed by atoms with Crippen molar-refractivity contribution < 1.29 is 0 Å². The van der Waals surface area contributed by atoms with Gasteiger partial charge in [0.1, 0.15) is 5.82 Å². The minimum Gasteiger partial charge on any atom is -0.370 e. The summed E-state index contributed by atoms with van der Waals surface area (Å²) in [4.78, 5) is 9.31. The van der Waals surface area contributed by atoms with E-state index in [0.717, 1.165) is 35.9 Å². The lowest BCUT2D eigenvalue weighted by Gasteiger charge is -2.11. The average molecular weight is 274 g/mol. The Balaban J connectivity index is 2.47. The molecule has 0 aliphatic heterocycles. The molecular weight excluding hydrogens is 248 g/mol. The fourth-order valence-corrected chi connectivity index (χ4v) is 2.51. The van der Waals surface area contributed by atoms with E-state index in [0.29, 0.717) is 5.92 Å². The Hall–Kier alpha value is -1.58. The number of nitrogens with zero attached hydrogens (tertiary/aromatic N) is 3. The van der Waals surface area contributed by atoms with Crippen LogP contribution >= 0.6 is 0 Å². The normalized spacial score (nSPS) is 11.5. The number of hydrogen-bond acceptors (Lipinski definition) is 3. The van der Waals surface area contributed by atoms with Crippen LogP contribution in [-0.4, -0.2) is 20.9 Å². The maximum Gasteiger partial charge on any atom is 0.236 e. The molecule has 2 aromatic heterocycles. The maximum atomic E-state index is 4.74. The standard InChI is InChI=1S/C16H26N4/c1-6-7-8-17-15-14(9-11(2)3)19-16-18-12(4)10-13(5)20(15)16/h10-11,17H,6-9H2,1-5H3. The fourth-order valence-electron chi connectivity index (χ4n) is 2.51. The molecule has 0 aromatic carbocycles. The molecule has 0 amide bonds. The number of fused-ring (bicyclic) bond motifs is 1. The van der Waals surface area contributed by atoms with Crippen LogP contribution in [0, 0.1) is 19.8 Å². The quantitative estimate of drug-likeness (QED) is 0.816. The number of aromatic nitrogens is 3. The second-order valence-corrected chi connectivity index (χ2v) is 5.96. The van der Waals surface area contributed by atoms with Gasteiger partial charge < -0.3 is 5.32 Å². The molecule has 0 spiro atoms. The summed E-state index contributed by atoms with van der Waals surface area (Å²) in [5.74, 6) is 2.54. The molecule has 4 nitrogen and oxygen atoms in total. The van der Waals surface area contributed by atoms with Crippen molar-refractivity contribution in [2.75, 3.05) is 11.9 Å². The molecule has 0 aliphatic carbocycles. The third-order valence-electron chi connectivity index (χ3n) is 3.40. The summed E-state index contributed by atoms with van der Waals surface area (Å²) >= 11 is 0. The van der Waals surface area contributed by atoms with Crippen molar-refractivity contribution in [3.05, 3.63) is 23.1 Å². The van der Waals surface area contributed by atoms with E-state index < -0.39 is 0 Å². The molecule has 0 atom stereocenters. The van der Waals surface area contributed by atoms with Gasteiger partial charge in [-0.2, -0.15) is 0 Å². The third kappa shape index (κ3) is 3.11. The van der Waals surface area contributed by atoms with Gasteiger partial charge in [-0.3, -0.25) is 4.40 Å². The molecule has 2 heterocycles. The van der Waals surface area contributed by atoms with E-state index in [2.05, 4.69) is 48.5 Å². The van der Waals surface area contributed by atoms with Crippen molar-refractivity contribution in [3.8, 4) is 0 Å². The lowest BCUT2D eigenvalue weighted by Crippen LogP contribution is -2.08. The monoisotopic (exact) mass is 274 g/mol. The summed E-state index contributed by atoms with van der Waals surface area (Å²) in [7, 11) is 0. The first-order valence-electron chi connectivity index (χ1n) is 7.62. The van der Waals surface area contributed by atoms with Gasteiger partial charge in [-0.25, -0.2) is 9.97 Å². The Labute approximate surface area is 121 Å². The van der Waals surface area contributed by atoms with E-state index in [1.807, 2.05) is 6.92 Å². The zero-order valence-electron chi connectivity index (χ0n) is 13.3. The summed E-state index contributed by atoms with van der Waals surface area (Å²) in [5.41, 5.74) is 3.35. The third-order valence-corrected chi connectivity index (χ3v) is 3.40. The van der Waals surface area contributed by atoms with Gasteiger partial charge in [-0.05, 0) is 38.7 Å². The van der Waals surface area contributed by atoms with Gasteiger partial charge in [0.25, 0.3) is 0 Å². The number of nitrogens with one attached hydrogen (secondary N) is 1. The lowest BCUT2D eigenvalue weighted by molar-refractivity contribution is 0.638. The highest BCUT2D eigenvalue weighted by molar-refractivity contribution is 5.53. The summed E-state index contributed by atoms with van der Waals surface area (Å²) in [6.45, 7) is 11.8. The first-order chi connectivity index (χ1) is 9.52. The zero-order chi connectivity index (χ0) is 14.7. The molecule has 2 aromatic rings. The molecule has 0 fully saturated rings. The second kappa shape index (κ2) is 6.25. The first kappa shape index (κ1) is 14.8. The number of rotatable bonds is 6. The minimum atomic E-state index is 0.591. The number of imidazole rings is 1. The van der Waals surface area contributed by atoms with Crippen LogP contribution in [0.5, 0.6) is 0 Å². The lowest BCUT2D eigenvalue weighted by atomic mass is 10.1. The first-order valence-corrected chi connectivity index (χ1v) is 7.62. The molecule has 1 N–H and O–H groups in total. The molecule has 0 aliphatic rings. The SMILES string of the molecule is CCCCNc1c(CC(C)C)nc2nc(C)cc(C)n12. The van der Waals surface area contributed by atoms with E-state index in [4.69, 9.17) is 4.98 Å². The van der Waals surface area contributed by atoms with Crippen LogP contribution in [0.3, 0.4) is 0 Å². The molecule has 20 heavy (non-hydrogen) atoms. The van der Waals surface area contributed by atoms with Gasteiger partial charge in [0.05, 0.1) is 5.69 Å². The molecule has 0 radical (unpaired) electrons. The summed E-state index contributed by atoms with van der Waals surface area (Å²) in [5, 5.41) is 3.56. The van der Waals surface area contributed by atoms with Crippen LogP contribution in [-0.2, 0) is 6.42 Å². The predicted octanol–water partition coefficient (Wildman–Crippen LogP) is 3.76. The molecule has 110 valence electrons. The van der Waals surface area contributed by atoms with Gasteiger partial charge in [-0.15, -0.1) is 0 Å². The van der Waals surface area contributed by atoms with E-state index in [-0.39, 0.29) is 0 Å². The van der Waals surface area contributed by atoms with Crippen molar-refractivity contribution in [1.82, 2.24) is 14.4 Å². The molecule has 0 unspecified atom stereocenters. The van der Waals surface area contributed by atoms with Gasteiger partial charge in [0.15, 0.2) is 0 Å². The smallest absolute Gasteiger partial charge is 0.236 e. The Kier molecular flexibility index (Phi) is 4.63. The van der Waals surface area contributed by atoms with Crippen LogP contribution in [0.2, 0.25) is 0 Å². The van der Waals surface area contributed by atoms with Crippen LogP contribution < -0.4 is 5.32 Å². The fraction of sp³-hybridized carbons (Fsp3) is 0.625. The summed E-state index contributed by atoms with van der Waals surface area (Å²) in [6, 6.07) is 2.11. The second-order valence-electron chi connectivity index (χ2n) is 5.96. The zero-order valence-corrected chi connectivity index (χ0v) is 13.3. The van der Waals surface area contributed by atoms with Gasteiger partial charge >= 0.3 is 0 Å².